The van der Waals surface area contributed by atoms with E-state index in [9.17, 15) is 5.11 Å². The summed E-state index contributed by atoms with van der Waals surface area (Å²) in [6.07, 6.45) is -3.62. The van der Waals surface area contributed by atoms with Gasteiger partial charge in [-0.2, -0.15) is 0 Å². The zero-order valence-corrected chi connectivity index (χ0v) is 25.4. The molecule has 3 aromatic carbocycles. The monoisotopic (exact) mass is 564 g/mol. The maximum atomic E-state index is 11.3. The fourth-order valence-electron chi connectivity index (χ4n) is 4.40. The molecule has 0 bridgehead atoms. The van der Waals surface area contributed by atoms with Crippen LogP contribution in [0.2, 0.25) is 18.1 Å². The first-order valence-electron chi connectivity index (χ1n) is 14.1. The van der Waals surface area contributed by atoms with Crippen molar-refractivity contribution in [3.63, 3.8) is 0 Å². The Balaban J connectivity index is 1.60. The van der Waals surface area contributed by atoms with Crippen molar-refractivity contribution < 1.29 is 28.5 Å². The second kappa shape index (κ2) is 14.0. The van der Waals surface area contributed by atoms with E-state index in [0.29, 0.717) is 26.4 Å². The SMILES string of the molecule is CC(C)(C)[Si](C)(C)OC[C@H]1O[C@H](O)[C@H](OCc2ccccc2)[C@@H](OCc2ccccc2)[C@@H]1OCc1ccccc1. The normalized spacial score (nSPS) is 23.7. The molecular weight excluding hydrogens is 520 g/mol. The molecule has 0 unspecified atom stereocenters. The van der Waals surface area contributed by atoms with Gasteiger partial charge in [0.15, 0.2) is 14.6 Å². The first-order valence-corrected chi connectivity index (χ1v) is 17.0. The van der Waals surface area contributed by atoms with Crippen molar-refractivity contribution in [1.82, 2.24) is 0 Å². The van der Waals surface area contributed by atoms with Gasteiger partial charge in [0.05, 0.1) is 26.4 Å². The van der Waals surface area contributed by atoms with Crippen molar-refractivity contribution in [2.24, 2.45) is 0 Å². The van der Waals surface area contributed by atoms with Gasteiger partial charge in [-0.25, -0.2) is 0 Å². The van der Waals surface area contributed by atoms with Gasteiger partial charge in [0.1, 0.15) is 24.4 Å². The van der Waals surface area contributed by atoms with E-state index in [0.717, 1.165) is 16.7 Å². The van der Waals surface area contributed by atoms with Crippen LogP contribution in [0.3, 0.4) is 0 Å². The molecule has 0 aliphatic carbocycles. The van der Waals surface area contributed by atoms with E-state index >= 15 is 0 Å². The lowest BCUT2D eigenvalue weighted by Gasteiger charge is -2.46. The van der Waals surface area contributed by atoms with Crippen molar-refractivity contribution in [2.45, 2.75) is 89.4 Å². The molecule has 4 rings (SSSR count). The highest BCUT2D eigenvalue weighted by Crippen LogP contribution is 2.38. The zero-order chi connectivity index (χ0) is 28.6. The number of hydrogen-bond acceptors (Lipinski definition) is 6. The summed E-state index contributed by atoms with van der Waals surface area (Å²) in [7, 11) is -2.09. The molecule has 5 atom stereocenters. The van der Waals surface area contributed by atoms with Gasteiger partial charge in [-0.3, -0.25) is 0 Å². The lowest BCUT2D eigenvalue weighted by molar-refractivity contribution is -0.314. The molecule has 216 valence electrons. The number of benzene rings is 3. The van der Waals surface area contributed by atoms with Crippen LogP contribution in [0.5, 0.6) is 0 Å². The Kier molecular flexibility index (Phi) is 10.7. The molecule has 1 N–H and O–H groups in total. The first kappa shape index (κ1) is 30.6. The van der Waals surface area contributed by atoms with Gasteiger partial charge in [-0.05, 0) is 34.8 Å². The maximum absolute atomic E-state index is 11.3. The number of ether oxygens (including phenoxy) is 4. The summed E-state index contributed by atoms with van der Waals surface area (Å²) in [6, 6.07) is 29.9. The van der Waals surface area contributed by atoms with Crippen LogP contribution < -0.4 is 0 Å². The smallest absolute Gasteiger partial charge is 0.192 e. The van der Waals surface area contributed by atoms with E-state index in [4.69, 9.17) is 23.4 Å². The zero-order valence-electron chi connectivity index (χ0n) is 24.4. The Morgan fingerprint density at radius 2 is 1.05 bits per heavy atom. The van der Waals surface area contributed by atoms with E-state index in [1.807, 2.05) is 91.0 Å². The second-order valence-corrected chi connectivity index (χ2v) is 16.7. The molecule has 0 radical (unpaired) electrons. The van der Waals surface area contributed by atoms with Gasteiger partial charge in [0.25, 0.3) is 0 Å². The van der Waals surface area contributed by atoms with Gasteiger partial charge in [0, 0.05) is 0 Å². The van der Waals surface area contributed by atoms with Crippen LogP contribution in [0.1, 0.15) is 37.5 Å². The van der Waals surface area contributed by atoms with E-state index in [1.54, 1.807) is 0 Å². The van der Waals surface area contributed by atoms with E-state index in [2.05, 4.69) is 33.9 Å². The molecule has 1 aliphatic heterocycles. The highest BCUT2D eigenvalue weighted by Gasteiger charge is 2.49. The third-order valence-electron chi connectivity index (χ3n) is 7.88. The second-order valence-electron chi connectivity index (χ2n) is 11.9. The van der Waals surface area contributed by atoms with Gasteiger partial charge in [-0.15, -0.1) is 0 Å². The highest BCUT2D eigenvalue weighted by atomic mass is 28.4. The Bertz CT molecular complexity index is 1140. The molecule has 1 heterocycles. The topological polar surface area (TPSA) is 66.4 Å². The fraction of sp³-hybridized carbons (Fsp3) is 0.455. The highest BCUT2D eigenvalue weighted by molar-refractivity contribution is 6.74. The van der Waals surface area contributed by atoms with Crippen molar-refractivity contribution in [2.75, 3.05) is 6.61 Å². The van der Waals surface area contributed by atoms with Gasteiger partial charge in [0.2, 0.25) is 0 Å². The average Bonchev–Trinajstić information content (AvgIpc) is 2.95. The molecule has 0 saturated carbocycles. The molecule has 40 heavy (non-hydrogen) atoms. The lowest BCUT2D eigenvalue weighted by Crippen LogP contribution is -2.61. The number of rotatable bonds is 12. The molecular formula is C33H44O6Si. The van der Waals surface area contributed by atoms with Crippen LogP contribution in [0, 0.1) is 0 Å². The molecule has 6 nitrogen and oxygen atoms in total. The lowest BCUT2D eigenvalue weighted by atomic mass is 9.98. The summed E-state index contributed by atoms with van der Waals surface area (Å²) in [4.78, 5) is 0. The minimum absolute atomic E-state index is 0.0330. The minimum Gasteiger partial charge on any atom is -0.414 e. The quantitative estimate of drug-likeness (QED) is 0.254. The minimum atomic E-state index is -2.09. The van der Waals surface area contributed by atoms with E-state index < -0.39 is 39.0 Å². The number of aliphatic hydroxyl groups excluding tert-OH is 1. The summed E-state index contributed by atoms with van der Waals surface area (Å²) in [5, 5.41) is 11.3. The van der Waals surface area contributed by atoms with Crippen molar-refractivity contribution in [1.29, 1.82) is 0 Å². The molecule has 3 aromatic rings. The summed E-state index contributed by atoms with van der Waals surface area (Å²) in [5.74, 6) is 0. The molecule has 7 heteroatoms. The number of aliphatic hydroxyl groups is 1. The standard InChI is InChI=1S/C33H44O6Si/c1-33(2,3)40(4,5)38-24-28-29(35-21-25-15-9-6-10-16-25)30(36-22-26-17-11-7-12-18-26)31(32(34)39-28)37-23-27-19-13-8-14-20-27/h6-20,28-32,34H,21-24H2,1-5H3/t28-,29-,30+,31-,32+/m1/s1. The third-order valence-corrected chi connectivity index (χ3v) is 12.4. The number of hydrogen-bond donors (Lipinski definition) is 1. The fourth-order valence-corrected chi connectivity index (χ4v) is 5.42. The largest absolute Gasteiger partial charge is 0.414 e. The third kappa shape index (κ3) is 8.33. The van der Waals surface area contributed by atoms with Crippen LogP contribution >= 0.6 is 0 Å². The Morgan fingerprint density at radius 3 is 1.48 bits per heavy atom. The van der Waals surface area contributed by atoms with Gasteiger partial charge in [-0.1, -0.05) is 112 Å². The molecule has 1 fully saturated rings. The predicted octanol–water partition coefficient (Wildman–Crippen LogP) is 6.48. The van der Waals surface area contributed by atoms with E-state index in [1.165, 1.54) is 0 Å². The molecule has 1 saturated heterocycles. The summed E-state index contributed by atoms with van der Waals surface area (Å²) >= 11 is 0. The van der Waals surface area contributed by atoms with Crippen LogP contribution in [-0.4, -0.2) is 50.7 Å². The Labute approximate surface area is 240 Å². The van der Waals surface area contributed by atoms with Crippen molar-refractivity contribution in [3.05, 3.63) is 108 Å². The van der Waals surface area contributed by atoms with Crippen molar-refractivity contribution in [3.8, 4) is 0 Å². The molecule has 0 spiro atoms. The van der Waals surface area contributed by atoms with Crippen LogP contribution in [0.25, 0.3) is 0 Å². The van der Waals surface area contributed by atoms with Crippen molar-refractivity contribution >= 4 is 8.32 Å². The van der Waals surface area contributed by atoms with Crippen LogP contribution in [-0.2, 0) is 43.2 Å². The maximum Gasteiger partial charge on any atom is 0.192 e. The van der Waals surface area contributed by atoms with E-state index in [-0.39, 0.29) is 5.04 Å². The predicted molar refractivity (Wildman–Crippen MR) is 159 cm³/mol. The summed E-state index contributed by atoms with van der Waals surface area (Å²) in [5.41, 5.74) is 3.07. The Morgan fingerprint density at radius 1 is 0.650 bits per heavy atom. The Hall–Kier alpha value is -2.36. The summed E-state index contributed by atoms with van der Waals surface area (Å²) in [6.45, 7) is 12.4. The molecule has 0 aromatic heterocycles. The average molecular weight is 565 g/mol. The first-order chi connectivity index (χ1) is 19.1. The van der Waals surface area contributed by atoms with Gasteiger partial charge >= 0.3 is 0 Å². The van der Waals surface area contributed by atoms with Crippen LogP contribution in [0.4, 0.5) is 0 Å². The molecule has 1 aliphatic rings. The van der Waals surface area contributed by atoms with Crippen LogP contribution in [0.15, 0.2) is 91.0 Å². The van der Waals surface area contributed by atoms with Gasteiger partial charge < -0.3 is 28.5 Å². The molecule has 0 amide bonds. The summed E-state index contributed by atoms with van der Waals surface area (Å²) < 4.78 is 32.2.